The van der Waals surface area contributed by atoms with Crippen molar-refractivity contribution in [2.24, 2.45) is 5.92 Å². The molecule has 0 aromatic carbocycles. The molecule has 5 rings (SSSR count). The van der Waals surface area contributed by atoms with E-state index in [4.69, 9.17) is 4.42 Å². The average Bonchev–Trinajstić information content (AvgIpc) is 3.50. The van der Waals surface area contributed by atoms with Gasteiger partial charge in [0.05, 0.1) is 24.4 Å². The number of carbonyl (C=O) groups excluding carboxylic acids is 2. The highest BCUT2D eigenvalue weighted by Crippen LogP contribution is 2.27. The summed E-state index contributed by atoms with van der Waals surface area (Å²) < 4.78 is 5.62. The maximum absolute atomic E-state index is 13.1. The van der Waals surface area contributed by atoms with Crippen LogP contribution < -0.4 is 5.32 Å². The number of aromatic nitrogens is 4. The first-order valence-electron chi connectivity index (χ1n) is 11.2. The summed E-state index contributed by atoms with van der Waals surface area (Å²) in [6.07, 6.45) is 6.40. The fraction of sp³-hybridized carbons (Fsp3) is 0.333. The molecule has 174 valence electrons. The first-order valence-corrected chi connectivity index (χ1v) is 12.0. The van der Waals surface area contributed by atoms with Crippen LogP contribution in [-0.4, -0.2) is 49.2 Å². The molecule has 0 aliphatic carbocycles. The number of nitrogens with one attached hydrogen (secondary N) is 1. The van der Waals surface area contributed by atoms with E-state index in [1.165, 1.54) is 11.3 Å². The Morgan fingerprint density at radius 3 is 2.91 bits per heavy atom. The molecule has 0 spiro atoms. The molecule has 1 aliphatic heterocycles. The molecule has 4 aromatic heterocycles. The zero-order chi connectivity index (χ0) is 23.7. The molecule has 2 amide bonds. The van der Waals surface area contributed by atoms with Crippen molar-refractivity contribution in [3.05, 3.63) is 58.8 Å². The number of hydrogen-bond acceptors (Lipinski definition) is 8. The lowest BCUT2D eigenvalue weighted by Gasteiger charge is -2.37. The van der Waals surface area contributed by atoms with Crippen LogP contribution in [0.2, 0.25) is 0 Å². The summed E-state index contributed by atoms with van der Waals surface area (Å²) in [5.41, 5.74) is 3.80. The van der Waals surface area contributed by atoms with Crippen molar-refractivity contribution in [1.82, 2.24) is 30.2 Å². The molecular weight excluding hydrogens is 452 g/mol. The van der Waals surface area contributed by atoms with Crippen LogP contribution in [0.15, 0.2) is 46.6 Å². The minimum Gasteiger partial charge on any atom is -0.432 e. The average molecular weight is 477 g/mol. The number of amides is 2. The van der Waals surface area contributed by atoms with Crippen LogP contribution in [-0.2, 0) is 11.3 Å². The Kier molecular flexibility index (Phi) is 6.06. The molecule has 0 radical (unpaired) electrons. The van der Waals surface area contributed by atoms with Gasteiger partial charge in [0.15, 0.2) is 5.58 Å². The van der Waals surface area contributed by atoms with Gasteiger partial charge in [-0.3, -0.25) is 19.6 Å². The monoisotopic (exact) mass is 476 g/mol. The van der Waals surface area contributed by atoms with Crippen LogP contribution >= 0.6 is 11.3 Å². The fourth-order valence-electron chi connectivity index (χ4n) is 4.21. The minimum atomic E-state index is -0.315. The van der Waals surface area contributed by atoms with E-state index in [1.54, 1.807) is 29.6 Å². The summed E-state index contributed by atoms with van der Waals surface area (Å²) in [4.78, 5) is 45.0. The van der Waals surface area contributed by atoms with E-state index in [-0.39, 0.29) is 29.7 Å². The summed E-state index contributed by atoms with van der Waals surface area (Å²) in [6.45, 7) is 4.74. The summed E-state index contributed by atoms with van der Waals surface area (Å²) in [5, 5.41) is 5.79. The molecule has 10 heteroatoms. The molecule has 1 fully saturated rings. The van der Waals surface area contributed by atoms with Crippen molar-refractivity contribution in [2.75, 3.05) is 6.54 Å². The predicted molar refractivity (Wildman–Crippen MR) is 127 cm³/mol. The number of nitrogens with zero attached hydrogens (tertiary/aromatic N) is 5. The molecule has 9 nitrogen and oxygen atoms in total. The molecule has 0 unspecified atom stereocenters. The number of piperidine rings is 1. The lowest BCUT2D eigenvalue weighted by atomic mass is 9.89. The summed E-state index contributed by atoms with van der Waals surface area (Å²) in [7, 11) is 0. The number of rotatable bonds is 5. The second kappa shape index (κ2) is 9.30. The van der Waals surface area contributed by atoms with Crippen molar-refractivity contribution in [2.45, 2.75) is 39.3 Å². The quantitative estimate of drug-likeness (QED) is 0.468. The van der Waals surface area contributed by atoms with E-state index in [0.717, 1.165) is 28.4 Å². The normalized spacial score (nSPS) is 18.2. The van der Waals surface area contributed by atoms with Crippen LogP contribution in [0.25, 0.3) is 22.4 Å². The van der Waals surface area contributed by atoms with Gasteiger partial charge in [-0.05, 0) is 38.8 Å². The van der Waals surface area contributed by atoms with Crippen molar-refractivity contribution in [1.29, 1.82) is 0 Å². The number of thiazole rings is 1. The molecule has 4 aromatic rings. The number of carbonyl (C=O) groups is 2. The molecule has 1 N–H and O–H groups in total. The van der Waals surface area contributed by atoms with E-state index in [1.807, 2.05) is 31.4 Å². The number of fused-ring (bicyclic) bond motifs is 1. The summed E-state index contributed by atoms with van der Waals surface area (Å²) >= 11 is 1.50. The van der Waals surface area contributed by atoms with Gasteiger partial charge in [-0.2, -0.15) is 0 Å². The number of pyridine rings is 2. The lowest BCUT2D eigenvalue weighted by Crippen LogP contribution is -2.51. The predicted octanol–water partition coefficient (Wildman–Crippen LogP) is 3.61. The third kappa shape index (κ3) is 4.41. The van der Waals surface area contributed by atoms with Gasteiger partial charge in [0, 0.05) is 47.7 Å². The third-order valence-electron chi connectivity index (χ3n) is 6.13. The minimum absolute atomic E-state index is 0.0248. The van der Waals surface area contributed by atoms with E-state index in [2.05, 4.69) is 25.3 Å². The largest absolute Gasteiger partial charge is 0.432 e. The van der Waals surface area contributed by atoms with Crippen LogP contribution in [0.3, 0.4) is 0 Å². The molecule has 34 heavy (non-hydrogen) atoms. The van der Waals surface area contributed by atoms with E-state index < -0.39 is 0 Å². The molecule has 0 saturated carbocycles. The second-order valence-corrected chi connectivity index (χ2v) is 9.33. The first kappa shape index (κ1) is 22.1. The number of aryl methyl sites for hydroxylation is 1. The zero-order valence-electron chi connectivity index (χ0n) is 18.9. The number of oxazole rings is 1. The molecule has 1 aliphatic rings. The van der Waals surface area contributed by atoms with Crippen molar-refractivity contribution in [3.63, 3.8) is 0 Å². The standard InChI is InChI=1S/C24H24N6O3S/c1-14-5-6-16(10-26-14)19-13-34-21(28-19)12-27-22(31)17-4-3-9-30(15(17)2)24(32)23-29-18-11-25-8-7-20(18)33-23/h5-8,10-11,13,15,17H,3-4,9,12H2,1-2H3,(H,27,31)/t15-,17-/m1/s1. The summed E-state index contributed by atoms with van der Waals surface area (Å²) in [6, 6.07) is 5.34. The van der Waals surface area contributed by atoms with Gasteiger partial charge < -0.3 is 14.6 Å². The second-order valence-electron chi connectivity index (χ2n) is 8.38. The zero-order valence-corrected chi connectivity index (χ0v) is 19.7. The van der Waals surface area contributed by atoms with Crippen LogP contribution in [0, 0.1) is 12.8 Å². The van der Waals surface area contributed by atoms with Gasteiger partial charge in [0.2, 0.25) is 5.91 Å². The Labute approximate surface area is 200 Å². The third-order valence-corrected chi connectivity index (χ3v) is 6.98. The highest BCUT2D eigenvalue weighted by Gasteiger charge is 2.37. The molecule has 1 saturated heterocycles. The highest BCUT2D eigenvalue weighted by atomic mass is 32.1. The lowest BCUT2D eigenvalue weighted by molar-refractivity contribution is -0.128. The summed E-state index contributed by atoms with van der Waals surface area (Å²) in [5.74, 6) is -0.681. The molecule has 0 bridgehead atoms. The number of likely N-dealkylation sites (tertiary alicyclic amines) is 1. The Morgan fingerprint density at radius 1 is 1.24 bits per heavy atom. The van der Waals surface area contributed by atoms with Crippen molar-refractivity contribution >= 4 is 34.3 Å². The van der Waals surface area contributed by atoms with Gasteiger partial charge in [-0.1, -0.05) is 0 Å². The van der Waals surface area contributed by atoms with E-state index in [9.17, 15) is 9.59 Å². The SMILES string of the molecule is Cc1ccc(-c2csc(CNC(=O)[C@@H]3CCCN(C(=O)c4nc5cnccc5o4)[C@@H]3C)n2)cn1. The van der Waals surface area contributed by atoms with Crippen LogP contribution in [0.4, 0.5) is 0 Å². The van der Waals surface area contributed by atoms with E-state index >= 15 is 0 Å². The maximum atomic E-state index is 13.1. The van der Waals surface area contributed by atoms with E-state index in [0.29, 0.717) is 30.6 Å². The van der Waals surface area contributed by atoms with Gasteiger partial charge in [-0.15, -0.1) is 11.3 Å². The van der Waals surface area contributed by atoms with Crippen molar-refractivity contribution < 1.29 is 14.0 Å². The van der Waals surface area contributed by atoms with Crippen molar-refractivity contribution in [3.8, 4) is 11.3 Å². The first-order chi connectivity index (χ1) is 16.5. The van der Waals surface area contributed by atoms with Crippen LogP contribution in [0.1, 0.15) is 41.2 Å². The number of hydrogen-bond donors (Lipinski definition) is 1. The van der Waals surface area contributed by atoms with Gasteiger partial charge in [0.25, 0.3) is 5.89 Å². The maximum Gasteiger partial charge on any atom is 0.310 e. The van der Waals surface area contributed by atoms with Gasteiger partial charge in [0.1, 0.15) is 10.5 Å². The Balaban J connectivity index is 1.22. The molecule has 2 atom stereocenters. The highest BCUT2D eigenvalue weighted by molar-refractivity contribution is 7.09. The Morgan fingerprint density at radius 2 is 2.12 bits per heavy atom. The van der Waals surface area contributed by atoms with Gasteiger partial charge in [-0.25, -0.2) is 9.97 Å². The topological polar surface area (TPSA) is 114 Å². The molecular formula is C24H24N6O3S. The Bertz CT molecular complexity index is 1300. The molecule has 5 heterocycles. The fourth-order valence-corrected chi connectivity index (χ4v) is 4.96. The van der Waals surface area contributed by atoms with Crippen LogP contribution in [0.5, 0.6) is 0 Å². The smallest absolute Gasteiger partial charge is 0.310 e. The Hall–Kier alpha value is -3.66. The van der Waals surface area contributed by atoms with Gasteiger partial charge >= 0.3 is 5.91 Å².